The molecule has 0 N–H and O–H groups in total. The third-order valence-corrected chi connectivity index (χ3v) is 0.556. The maximum atomic E-state index is 3.49. The van der Waals surface area contributed by atoms with Crippen molar-refractivity contribution in [1.82, 2.24) is 0 Å². The summed E-state index contributed by atoms with van der Waals surface area (Å²) in [5.74, 6) is 0. The molecule has 1 radical (unpaired) electrons. The molecule has 0 amide bonds. The minimum Gasteiger partial charge on any atom is -1.00 e. The van der Waals surface area contributed by atoms with Crippen LogP contribution >= 0.6 is 0 Å². The SMILES string of the molecule is [CH2-]CC.[Cl-].[Cl-].[Cl-].[V].c1cc[cH-]c1. The van der Waals surface area contributed by atoms with E-state index >= 15 is 0 Å². The zero-order valence-electron chi connectivity index (χ0n) is 6.88. The van der Waals surface area contributed by atoms with Gasteiger partial charge in [0.1, 0.15) is 0 Å². The molecule has 0 aliphatic heterocycles. The summed E-state index contributed by atoms with van der Waals surface area (Å²) in [7, 11) is 0. The van der Waals surface area contributed by atoms with Crippen LogP contribution in [0.3, 0.4) is 0 Å². The average Bonchev–Trinajstić information content (AvgIpc) is 2.17. The fourth-order valence-electron chi connectivity index (χ4n) is 0.321. The molecule has 0 unspecified atom stereocenters. The fourth-order valence-corrected chi connectivity index (χ4v) is 0.321. The molecule has 0 heterocycles. The van der Waals surface area contributed by atoms with Gasteiger partial charge in [-0.15, -0.1) is 0 Å². The van der Waals surface area contributed by atoms with E-state index in [1.54, 1.807) is 0 Å². The summed E-state index contributed by atoms with van der Waals surface area (Å²) in [6, 6.07) is 10.0. The van der Waals surface area contributed by atoms with Crippen LogP contribution in [-0.4, -0.2) is 0 Å². The second-order valence-corrected chi connectivity index (χ2v) is 1.46. The first-order valence-corrected chi connectivity index (χ1v) is 2.87. The van der Waals surface area contributed by atoms with E-state index in [0.29, 0.717) is 0 Å². The normalized spacial score (nSPS) is 4.83. The molecule has 0 aliphatic rings. The molecule has 0 spiro atoms. The van der Waals surface area contributed by atoms with Crippen molar-refractivity contribution in [1.29, 1.82) is 0 Å². The predicted octanol–water partition coefficient (Wildman–Crippen LogP) is -6.35. The Balaban J connectivity index is -0.0000000219. The van der Waals surface area contributed by atoms with Gasteiger partial charge in [-0.25, -0.2) is 12.1 Å². The van der Waals surface area contributed by atoms with Crippen LogP contribution in [0.15, 0.2) is 30.3 Å². The van der Waals surface area contributed by atoms with Crippen LogP contribution in [0.1, 0.15) is 13.3 Å². The minimum atomic E-state index is 0. The standard InChI is InChI=1S/C5H5.C3H7.3ClH.V/c1-2-4-5-3-1;1-3-2;;;;/h1-5H;1,3H2,2H3;3*1H;/q2*-1;;;;/p-3. The van der Waals surface area contributed by atoms with Gasteiger partial charge >= 0.3 is 0 Å². The van der Waals surface area contributed by atoms with Gasteiger partial charge in [-0.05, 0) is 0 Å². The molecule has 0 aliphatic carbocycles. The van der Waals surface area contributed by atoms with Gasteiger partial charge in [-0.2, -0.15) is 24.6 Å². The van der Waals surface area contributed by atoms with Gasteiger partial charge in [-0.3, -0.25) is 0 Å². The zero-order valence-corrected chi connectivity index (χ0v) is 10.5. The Kier molecular flexibility index (Phi) is 72.7. The molecule has 75 valence electrons. The van der Waals surface area contributed by atoms with Gasteiger partial charge in [0, 0.05) is 18.6 Å². The van der Waals surface area contributed by atoms with Gasteiger partial charge in [0.15, 0.2) is 0 Å². The van der Waals surface area contributed by atoms with Crippen molar-refractivity contribution in [2.45, 2.75) is 13.3 Å². The van der Waals surface area contributed by atoms with Crippen LogP contribution in [0.4, 0.5) is 0 Å². The number of rotatable bonds is 0. The number of halogens is 3. The third-order valence-electron chi connectivity index (χ3n) is 0.556. The van der Waals surface area contributed by atoms with Gasteiger partial charge in [0.05, 0.1) is 0 Å². The Bertz CT molecular complexity index is 81.2. The van der Waals surface area contributed by atoms with E-state index in [1.807, 2.05) is 37.3 Å². The van der Waals surface area contributed by atoms with E-state index in [-0.39, 0.29) is 55.8 Å². The summed E-state index contributed by atoms with van der Waals surface area (Å²) in [6.45, 7) is 5.50. The maximum Gasteiger partial charge on any atom is 0 e. The Hall–Kier alpha value is 0.804. The van der Waals surface area contributed by atoms with Crippen molar-refractivity contribution in [3.8, 4) is 0 Å². The topological polar surface area (TPSA) is 0 Å². The third kappa shape index (κ3) is 30.8. The van der Waals surface area contributed by atoms with E-state index in [2.05, 4.69) is 6.92 Å². The Morgan fingerprint density at radius 3 is 1.42 bits per heavy atom. The monoisotopic (exact) mass is 264 g/mol. The second-order valence-electron chi connectivity index (χ2n) is 1.46. The minimum absolute atomic E-state index is 0. The first kappa shape index (κ1) is 29.3. The van der Waals surface area contributed by atoms with Gasteiger partial charge < -0.3 is 44.1 Å². The summed E-state index contributed by atoms with van der Waals surface area (Å²) in [5.41, 5.74) is 0. The molecule has 0 saturated carbocycles. The van der Waals surface area contributed by atoms with E-state index in [1.165, 1.54) is 0 Å². The molecular weight excluding hydrogens is 253 g/mol. The number of hydrogen-bond donors (Lipinski definition) is 0. The molecule has 1 aromatic carbocycles. The van der Waals surface area contributed by atoms with Gasteiger partial charge in [0.2, 0.25) is 0 Å². The first-order chi connectivity index (χ1) is 3.91. The fraction of sp³-hybridized carbons (Fsp3) is 0.250. The molecule has 1 aromatic rings. The summed E-state index contributed by atoms with van der Waals surface area (Å²) < 4.78 is 0. The molecule has 0 saturated heterocycles. The molecule has 0 atom stereocenters. The van der Waals surface area contributed by atoms with Crippen molar-refractivity contribution in [2.24, 2.45) is 0 Å². The molecule has 1 rings (SSSR count). The zero-order chi connectivity index (χ0) is 6.24. The summed E-state index contributed by atoms with van der Waals surface area (Å²) in [5, 5.41) is 0. The first-order valence-electron chi connectivity index (χ1n) is 2.87. The van der Waals surface area contributed by atoms with Crippen LogP contribution < -0.4 is 37.2 Å². The van der Waals surface area contributed by atoms with Gasteiger partial charge in [-0.1, -0.05) is 6.92 Å². The van der Waals surface area contributed by atoms with E-state index < -0.39 is 0 Å². The van der Waals surface area contributed by atoms with Crippen LogP contribution in [0, 0.1) is 6.92 Å². The van der Waals surface area contributed by atoms with Crippen molar-refractivity contribution in [3.63, 3.8) is 0 Å². The predicted molar refractivity (Wildman–Crippen MR) is 37.7 cm³/mol. The largest absolute Gasteiger partial charge is 1.00 e. The van der Waals surface area contributed by atoms with Gasteiger partial charge in [0.25, 0.3) is 0 Å². The molecule has 0 aromatic heterocycles. The quantitative estimate of drug-likeness (QED) is 0.410. The molecule has 0 bridgehead atoms. The molecule has 0 nitrogen and oxygen atoms in total. The van der Waals surface area contributed by atoms with Crippen LogP contribution in [0.2, 0.25) is 0 Å². The van der Waals surface area contributed by atoms with Crippen molar-refractivity contribution >= 4 is 0 Å². The molecular formula is C8H12Cl3V-5. The van der Waals surface area contributed by atoms with Crippen molar-refractivity contribution in [2.75, 3.05) is 0 Å². The average molecular weight is 265 g/mol. The summed E-state index contributed by atoms with van der Waals surface area (Å²) in [4.78, 5) is 0. The van der Waals surface area contributed by atoms with Crippen LogP contribution in [0.25, 0.3) is 0 Å². The summed E-state index contributed by atoms with van der Waals surface area (Å²) in [6.07, 6.45) is 1.00. The molecule has 4 heteroatoms. The van der Waals surface area contributed by atoms with Crippen molar-refractivity contribution in [3.05, 3.63) is 37.3 Å². The Morgan fingerprint density at radius 1 is 1.08 bits per heavy atom. The van der Waals surface area contributed by atoms with Crippen LogP contribution in [0.5, 0.6) is 0 Å². The number of hydrogen-bond acceptors (Lipinski definition) is 0. The van der Waals surface area contributed by atoms with Crippen molar-refractivity contribution < 1.29 is 55.8 Å². The second kappa shape index (κ2) is 29.8. The summed E-state index contributed by atoms with van der Waals surface area (Å²) >= 11 is 0. The maximum absolute atomic E-state index is 3.49. The van der Waals surface area contributed by atoms with Crippen LogP contribution in [-0.2, 0) is 18.6 Å². The Labute approximate surface area is 106 Å². The van der Waals surface area contributed by atoms with E-state index in [0.717, 1.165) is 6.42 Å². The Morgan fingerprint density at radius 2 is 1.33 bits per heavy atom. The molecule has 12 heavy (non-hydrogen) atoms. The molecule has 0 fully saturated rings. The smallest absolute Gasteiger partial charge is 0 e. The van der Waals surface area contributed by atoms with E-state index in [4.69, 9.17) is 0 Å². The van der Waals surface area contributed by atoms with E-state index in [9.17, 15) is 0 Å².